The number of pyridine rings is 1. The van der Waals surface area contributed by atoms with E-state index < -0.39 is 15.4 Å². The summed E-state index contributed by atoms with van der Waals surface area (Å²) in [7, 11) is -3.41. The topological polar surface area (TPSA) is 101 Å². The fourth-order valence-electron chi connectivity index (χ4n) is 2.50. The summed E-state index contributed by atoms with van der Waals surface area (Å²) in [6.07, 6.45) is 3.50. The summed E-state index contributed by atoms with van der Waals surface area (Å²) in [6, 6.07) is 11.3. The number of hydrogen-bond donors (Lipinski definition) is 2. The quantitative estimate of drug-likeness (QED) is 0.592. The zero-order chi connectivity index (χ0) is 21.1. The Morgan fingerprint density at radius 2 is 1.86 bits per heavy atom. The lowest BCUT2D eigenvalue weighted by Gasteiger charge is -2.21. The number of rotatable bonds is 7. The van der Waals surface area contributed by atoms with Crippen molar-refractivity contribution in [3.05, 3.63) is 59.9 Å². The highest BCUT2D eigenvalue weighted by molar-refractivity contribution is 7.92. The largest absolute Gasteiger partial charge is 0.325 e. The SMILES string of the molecule is CCS(=O)(=O)Nc1nc(C(C)(C)C(=O)Nc2ccc(-c3cccnc3)cc2)cs1. The van der Waals surface area contributed by atoms with Crippen molar-refractivity contribution in [1.82, 2.24) is 9.97 Å². The van der Waals surface area contributed by atoms with Gasteiger partial charge in [0.2, 0.25) is 15.9 Å². The predicted octanol–water partition coefficient (Wildman–Crippen LogP) is 3.88. The molecule has 0 bridgehead atoms. The maximum atomic E-state index is 12.8. The Bertz CT molecular complexity index is 1090. The first kappa shape index (κ1) is 20.9. The minimum Gasteiger partial charge on any atom is -0.325 e. The molecule has 152 valence electrons. The molecule has 9 heteroatoms. The molecular weight excluding hydrogens is 408 g/mol. The number of amides is 1. The van der Waals surface area contributed by atoms with E-state index in [1.54, 1.807) is 38.5 Å². The van der Waals surface area contributed by atoms with Crippen molar-refractivity contribution in [2.24, 2.45) is 0 Å². The summed E-state index contributed by atoms with van der Waals surface area (Å²) < 4.78 is 25.8. The molecule has 0 aliphatic rings. The number of anilines is 2. The summed E-state index contributed by atoms with van der Waals surface area (Å²) in [5, 5.41) is 4.85. The van der Waals surface area contributed by atoms with E-state index in [4.69, 9.17) is 0 Å². The average Bonchev–Trinajstić information content (AvgIpc) is 3.18. The number of sulfonamides is 1. The Morgan fingerprint density at radius 3 is 2.48 bits per heavy atom. The van der Waals surface area contributed by atoms with Crippen molar-refractivity contribution in [1.29, 1.82) is 0 Å². The van der Waals surface area contributed by atoms with Crippen LogP contribution in [0.1, 0.15) is 26.5 Å². The van der Waals surface area contributed by atoms with Gasteiger partial charge in [0, 0.05) is 23.5 Å². The molecule has 2 N–H and O–H groups in total. The van der Waals surface area contributed by atoms with Crippen molar-refractivity contribution in [2.75, 3.05) is 15.8 Å². The third-order valence-electron chi connectivity index (χ3n) is 4.47. The lowest BCUT2D eigenvalue weighted by Crippen LogP contribution is -2.35. The molecule has 29 heavy (non-hydrogen) atoms. The van der Waals surface area contributed by atoms with Gasteiger partial charge in [0.1, 0.15) is 0 Å². The number of aromatic nitrogens is 2. The van der Waals surface area contributed by atoms with Gasteiger partial charge in [-0.05, 0) is 50.1 Å². The van der Waals surface area contributed by atoms with Gasteiger partial charge in [0.25, 0.3) is 0 Å². The zero-order valence-electron chi connectivity index (χ0n) is 16.3. The normalized spacial score (nSPS) is 11.8. The van der Waals surface area contributed by atoms with Gasteiger partial charge in [-0.25, -0.2) is 13.4 Å². The van der Waals surface area contributed by atoms with Crippen LogP contribution in [-0.4, -0.2) is 30.0 Å². The van der Waals surface area contributed by atoms with E-state index in [1.807, 2.05) is 36.4 Å². The Labute approximate surface area is 174 Å². The van der Waals surface area contributed by atoms with Crippen molar-refractivity contribution in [2.45, 2.75) is 26.2 Å². The Hall–Kier alpha value is -2.78. The molecule has 7 nitrogen and oxygen atoms in total. The molecule has 3 rings (SSSR count). The first-order valence-electron chi connectivity index (χ1n) is 8.99. The minimum absolute atomic E-state index is 0.0408. The number of thiazole rings is 1. The van der Waals surface area contributed by atoms with Gasteiger partial charge >= 0.3 is 0 Å². The molecule has 0 aliphatic heterocycles. The number of benzene rings is 1. The van der Waals surface area contributed by atoms with E-state index in [2.05, 4.69) is 20.0 Å². The van der Waals surface area contributed by atoms with Crippen LogP contribution >= 0.6 is 11.3 Å². The molecule has 2 heterocycles. The second kappa shape index (κ2) is 8.30. The lowest BCUT2D eigenvalue weighted by molar-refractivity contribution is -0.120. The van der Waals surface area contributed by atoms with Crippen molar-refractivity contribution < 1.29 is 13.2 Å². The monoisotopic (exact) mass is 430 g/mol. The fourth-order valence-corrected chi connectivity index (χ4v) is 4.25. The van der Waals surface area contributed by atoms with Crippen LogP contribution in [0.3, 0.4) is 0 Å². The van der Waals surface area contributed by atoms with E-state index in [0.29, 0.717) is 11.4 Å². The third-order valence-corrected chi connectivity index (χ3v) is 6.62. The Balaban J connectivity index is 1.72. The van der Waals surface area contributed by atoms with Crippen molar-refractivity contribution in [3.8, 4) is 11.1 Å². The fraction of sp³-hybridized carbons (Fsp3) is 0.250. The van der Waals surface area contributed by atoms with Gasteiger partial charge in [-0.3, -0.25) is 14.5 Å². The summed E-state index contributed by atoms with van der Waals surface area (Å²) in [6.45, 7) is 5.05. The molecule has 2 aromatic heterocycles. The first-order chi connectivity index (χ1) is 13.7. The average molecular weight is 431 g/mol. The van der Waals surface area contributed by atoms with Gasteiger partial charge in [0.05, 0.1) is 16.9 Å². The van der Waals surface area contributed by atoms with E-state index in [1.165, 1.54) is 0 Å². The standard InChI is InChI=1S/C20H22N4O3S2/c1-4-29(26,27)24-19-23-17(13-28-19)20(2,3)18(25)22-16-9-7-14(8-10-16)15-6-5-11-21-12-15/h5-13H,4H2,1-3H3,(H,22,25)(H,23,24). The maximum Gasteiger partial charge on any atom is 0.236 e. The predicted molar refractivity (Wildman–Crippen MR) is 117 cm³/mol. The molecule has 0 saturated carbocycles. The van der Waals surface area contributed by atoms with Crippen LogP contribution in [-0.2, 0) is 20.2 Å². The molecule has 0 aliphatic carbocycles. The number of carbonyl (C=O) groups is 1. The smallest absolute Gasteiger partial charge is 0.236 e. The van der Waals surface area contributed by atoms with Crippen LogP contribution < -0.4 is 10.0 Å². The number of nitrogens with zero attached hydrogens (tertiary/aromatic N) is 2. The minimum atomic E-state index is -3.41. The van der Waals surface area contributed by atoms with Crippen LogP contribution in [0, 0.1) is 0 Å². The molecule has 0 saturated heterocycles. The maximum absolute atomic E-state index is 12.8. The van der Waals surface area contributed by atoms with Gasteiger partial charge < -0.3 is 5.32 Å². The van der Waals surface area contributed by atoms with Crippen LogP contribution in [0.15, 0.2) is 54.2 Å². The number of hydrogen-bond acceptors (Lipinski definition) is 6. The molecule has 0 unspecified atom stereocenters. The van der Waals surface area contributed by atoms with Crippen LogP contribution in [0.5, 0.6) is 0 Å². The molecular formula is C20H22N4O3S2. The third kappa shape index (κ3) is 4.99. The van der Waals surface area contributed by atoms with Gasteiger partial charge in [-0.1, -0.05) is 18.2 Å². The number of nitrogens with one attached hydrogen (secondary N) is 2. The highest BCUT2D eigenvalue weighted by atomic mass is 32.2. The summed E-state index contributed by atoms with van der Waals surface area (Å²) in [4.78, 5) is 21.2. The number of carbonyl (C=O) groups excluding carboxylic acids is 1. The Morgan fingerprint density at radius 1 is 1.14 bits per heavy atom. The van der Waals surface area contributed by atoms with Crippen LogP contribution in [0.25, 0.3) is 11.1 Å². The van der Waals surface area contributed by atoms with E-state index in [-0.39, 0.29) is 16.8 Å². The highest BCUT2D eigenvalue weighted by Gasteiger charge is 2.33. The lowest BCUT2D eigenvalue weighted by atomic mass is 9.89. The summed E-state index contributed by atoms with van der Waals surface area (Å²) in [5.74, 6) is -0.275. The van der Waals surface area contributed by atoms with Gasteiger partial charge in [0.15, 0.2) is 5.13 Å². The molecule has 0 fully saturated rings. The van der Waals surface area contributed by atoms with E-state index >= 15 is 0 Å². The second-order valence-electron chi connectivity index (χ2n) is 6.94. The molecule has 0 atom stereocenters. The first-order valence-corrected chi connectivity index (χ1v) is 11.5. The highest BCUT2D eigenvalue weighted by Crippen LogP contribution is 2.29. The van der Waals surface area contributed by atoms with Crippen molar-refractivity contribution in [3.63, 3.8) is 0 Å². The molecule has 1 amide bonds. The second-order valence-corrected chi connectivity index (χ2v) is 9.81. The van der Waals surface area contributed by atoms with Gasteiger partial charge in [-0.15, -0.1) is 11.3 Å². The van der Waals surface area contributed by atoms with Crippen LogP contribution in [0.2, 0.25) is 0 Å². The van der Waals surface area contributed by atoms with E-state index in [0.717, 1.165) is 22.5 Å². The summed E-state index contributed by atoms with van der Waals surface area (Å²) in [5.41, 5.74) is 2.23. The molecule has 0 radical (unpaired) electrons. The summed E-state index contributed by atoms with van der Waals surface area (Å²) >= 11 is 1.15. The zero-order valence-corrected chi connectivity index (χ0v) is 18.0. The molecule has 0 spiro atoms. The van der Waals surface area contributed by atoms with E-state index in [9.17, 15) is 13.2 Å². The van der Waals surface area contributed by atoms with Crippen LogP contribution in [0.4, 0.5) is 10.8 Å². The Kier molecular flexibility index (Phi) is 5.99. The molecule has 3 aromatic rings. The van der Waals surface area contributed by atoms with Crippen molar-refractivity contribution >= 4 is 38.1 Å². The van der Waals surface area contributed by atoms with Gasteiger partial charge in [-0.2, -0.15) is 0 Å². The molecule has 1 aromatic carbocycles.